The van der Waals surface area contributed by atoms with E-state index in [1.807, 2.05) is 60.4 Å². The minimum atomic E-state index is 0. The van der Waals surface area contributed by atoms with Crippen molar-refractivity contribution in [1.29, 1.82) is 0 Å². The second-order valence-electron chi connectivity index (χ2n) is 5.74. The van der Waals surface area contributed by atoms with Crippen LogP contribution in [0, 0.1) is 0 Å². The van der Waals surface area contributed by atoms with Gasteiger partial charge in [-0.2, -0.15) is 0 Å². The Kier molecular flexibility index (Phi) is 5.81. The van der Waals surface area contributed by atoms with Crippen LogP contribution in [0.15, 0.2) is 78.2 Å². The Morgan fingerprint density at radius 1 is 0.962 bits per heavy atom. The van der Waals surface area contributed by atoms with Gasteiger partial charge in [0, 0.05) is 30.6 Å². The second-order valence-corrected chi connectivity index (χ2v) is 6.70. The van der Waals surface area contributed by atoms with Crippen LogP contribution in [0.4, 0.5) is 0 Å². The van der Waals surface area contributed by atoms with Crippen molar-refractivity contribution in [3.8, 4) is 22.5 Å². The summed E-state index contributed by atoms with van der Waals surface area (Å²) in [5.41, 5.74) is 4.28. The summed E-state index contributed by atoms with van der Waals surface area (Å²) in [5.74, 6) is 1.81. The lowest BCUT2D eigenvalue weighted by Crippen LogP contribution is -1.94. The minimum absolute atomic E-state index is 0. The van der Waals surface area contributed by atoms with Crippen molar-refractivity contribution >= 4 is 24.2 Å². The van der Waals surface area contributed by atoms with E-state index in [0.29, 0.717) is 0 Å². The van der Waals surface area contributed by atoms with Gasteiger partial charge in [-0.05, 0) is 0 Å². The van der Waals surface area contributed by atoms with Gasteiger partial charge in [-0.15, -0.1) is 12.4 Å². The molecule has 2 aromatic carbocycles. The molecule has 0 spiro atoms. The van der Waals surface area contributed by atoms with Crippen molar-refractivity contribution in [1.82, 2.24) is 19.5 Å². The fourth-order valence-electron chi connectivity index (χ4n) is 2.71. The van der Waals surface area contributed by atoms with Gasteiger partial charge in [-0.25, -0.2) is 9.97 Å². The van der Waals surface area contributed by atoms with Crippen LogP contribution >= 0.6 is 24.2 Å². The molecule has 6 heteroatoms. The highest BCUT2D eigenvalue weighted by Gasteiger charge is 2.14. The maximum absolute atomic E-state index is 4.86. The van der Waals surface area contributed by atoms with E-state index in [4.69, 9.17) is 4.98 Å². The zero-order valence-electron chi connectivity index (χ0n) is 14.3. The van der Waals surface area contributed by atoms with E-state index in [0.717, 1.165) is 39.2 Å². The van der Waals surface area contributed by atoms with Crippen LogP contribution in [0.5, 0.6) is 0 Å². The number of thioether (sulfide) groups is 1. The average molecular weight is 383 g/mol. The molecule has 0 saturated heterocycles. The largest absolute Gasteiger partial charge is 0.337 e. The molecule has 26 heavy (non-hydrogen) atoms. The first kappa shape index (κ1) is 18.3. The second kappa shape index (κ2) is 8.25. The summed E-state index contributed by atoms with van der Waals surface area (Å²) in [7, 11) is 2.01. The quantitative estimate of drug-likeness (QED) is 0.483. The number of hydrogen-bond donors (Lipinski definition) is 1. The van der Waals surface area contributed by atoms with Crippen LogP contribution in [0.2, 0.25) is 0 Å². The van der Waals surface area contributed by atoms with Crippen molar-refractivity contribution in [3.63, 3.8) is 0 Å². The zero-order chi connectivity index (χ0) is 17.1. The first-order valence-electron chi connectivity index (χ1n) is 8.11. The molecule has 4 rings (SSSR count). The van der Waals surface area contributed by atoms with Crippen molar-refractivity contribution in [3.05, 3.63) is 78.9 Å². The molecule has 0 atom stereocenters. The fourth-order valence-corrected chi connectivity index (χ4v) is 3.58. The van der Waals surface area contributed by atoms with Gasteiger partial charge >= 0.3 is 0 Å². The van der Waals surface area contributed by atoms with Gasteiger partial charge in [-0.1, -0.05) is 72.4 Å². The summed E-state index contributed by atoms with van der Waals surface area (Å²) in [4.78, 5) is 12.7. The number of benzene rings is 2. The van der Waals surface area contributed by atoms with Crippen LogP contribution in [-0.2, 0) is 12.8 Å². The summed E-state index contributed by atoms with van der Waals surface area (Å²) in [6.07, 6.45) is 3.78. The van der Waals surface area contributed by atoms with Gasteiger partial charge in [0.25, 0.3) is 0 Å². The molecule has 4 aromatic rings. The van der Waals surface area contributed by atoms with Crippen LogP contribution in [0.3, 0.4) is 0 Å². The number of nitrogens with zero attached hydrogens (tertiary/aromatic N) is 3. The lowest BCUT2D eigenvalue weighted by Gasteiger charge is -2.02. The molecular weight excluding hydrogens is 364 g/mol. The third-order valence-corrected chi connectivity index (χ3v) is 4.92. The van der Waals surface area contributed by atoms with Crippen molar-refractivity contribution in [2.24, 2.45) is 7.05 Å². The molecule has 0 unspecified atom stereocenters. The number of halogens is 1. The monoisotopic (exact) mass is 382 g/mol. The highest BCUT2D eigenvalue weighted by molar-refractivity contribution is 7.98. The van der Waals surface area contributed by atoms with Crippen molar-refractivity contribution < 1.29 is 0 Å². The Hall–Kier alpha value is -2.50. The standard InChI is InChI=1S/C20H18N4S.ClH/c1-24-13-12-21-17(24)14-25-20-22-18(15-8-4-2-5-9-15)19(23-20)16-10-6-3-7-11-16;/h2-13H,14H2,1H3,(H,22,23);1H. The number of aromatic amines is 1. The Balaban J connectivity index is 0.00000196. The van der Waals surface area contributed by atoms with E-state index in [1.54, 1.807) is 11.8 Å². The Labute approximate surface area is 163 Å². The highest BCUT2D eigenvalue weighted by atomic mass is 35.5. The fraction of sp³-hybridized carbons (Fsp3) is 0.100. The van der Waals surface area contributed by atoms with E-state index in [9.17, 15) is 0 Å². The van der Waals surface area contributed by atoms with Crippen LogP contribution in [0.25, 0.3) is 22.5 Å². The first-order valence-corrected chi connectivity index (χ1v) is 9.09. The van der Waals surface area contributed by atoms with Gasteiger partial charge in [0.05, 0.1) is 17.1 Å². The molecule has 0 aliphatic carbocycles. The maximum Gasteiger partial charge on any atom is 0.166 e. The number of nitrogens with one attached hydrogen (secondary N) is 1. The molecule has 0 amide bonds. The molecule has 0 saturated carbocycles. The Bertz CT molecular complexity index is 907. The van der Waals surface area contributed by atoms with E-state index >= 15 is 0 Å². The SMILES string of the molecule is Cl.Cn1ccnc1CSc1nc(-c2ccccc2)c(-c2ccccc2)[nH]1. The van der Waals surface area contributed by atoms with Crippen molar-refractivity contribution in [2.45, 2.75) is 10.9 Å². The van der Waals surface area contributed by atoms with Gasteiger partial charge in [0.15, 0.2) is 5.16 Å². The molecule has 2 heterocycles. The molecular formula is C20H19ClN4S. The molecule has 0 aliphatic rings. The third-order valence-electron chi connectivity index (χ3n) is 4.05. The molecule has 0 radical (unpaired) electrons. The topological polar surface area (TPSA) is 46.5 Å². The average Bonchev–Trinajstić information content (AvgIpc) is 3.28. The maximum atomic E-state index is 4.86. The first-order chi connectivity index (χ1) is 12.3. The number of aromatic nitrogens is 4. The third kappa shape index (κ3) is 3.84. The highest BCUT2D eigenvalue weighted by Crippen LogP contribution is 2.33. The molecule has 4 nitrogen and oxygen atoms in total. The van der Waals surface area contributed by atoms with Gasteiger partial charge in [-0.3, -0.25) is 0 Å². The summed E-state index contributed by atoms with van der Waals surface area (Å²) in [5, 5.41) is 0.903. The molecule has 2 aromatic heterocycles. The van der Waals surface area contributed by atoms with Gasteiger partial charge in [0.1, 0.15) is 5.82 Å². The normalized spacial score (nSPS) is 10.5. The summed E-state index contributed by atoms with van der Waals surface area (Å²) in [6, 6.07) is 20.6. The Morgan fingerprint density at radius 2 is 1.62 bits per heavy atom. The van der Waals surface area contributed by atoms with E-state index in [2.05, 4.69) is 34.2 Å². The molecule has 0 aliphatic heterocycles. The predicted octanol–water partition coefficient (Wildman–Crippen LogP) is 5.19. The van der Waals surface area contributed by atoms with Crippen LogP contribution in [0.1, 0.15) is 5.82 Å². The lowest BCUT2D eigenvalue weighted by atomic mass is 10.1. The number of imidazole rings is 2. The van der Waals surface area contributed by atoms with E-state index < -0.39 is 0 Å². The Morgan fingerprint density at radius 3 is 2.23 bits per heavy atom. The van der Waals surface area contributed by atoms with Crippen LogP contribution in [-0.4, -0.2) is 19.5 Å². The van der Waals surface area contributed by atoms with Gasteiger partial charge in [0.2, 0.25) is 0 Å². The van der Waals surface area contributed by atoms with E-state index in [-0.39, 0.29) is 12.4 Å². The zero-order valence-corrected chi connectivity index (χ0v) is 15.9. The number of H-pyrrole nitrogens is 1. The summed E-state index contributed by atoms with van der Waals surface area (Å²) in [6.45, 7) is 0. The summed E-state index contributed by atoms with van der Waals surface area (Å²) < 4.78 is 2.03. The molecule has 1 N–H and O–H groups in total. The molecule has 0 bridgehead atoms. The number of aryl methyl sites for hydroxylation is 1. The number of rotatable bonds is 5. The van der Waals surface area contributed by atoms with Crippen molar-refractivity contribution in [2.75, 3.05) is 0 Å². The van der Waals surface area contributed by atoms with Gasteiger partial charge < -0.3 is 9.55 Å². The predicted molar refractivity (Wildman–Crippen MR) is 109 cm³/mol. The lowest BCUT2D eigenvalue weighted by molar-refractivity contribution is 0.848. The molecule has 132 valence electrons. The number of hydrogen-bond acceptors (Lipinski definition) is 3. The smallest absolute Gasteiger partial charge is 0.166 e. The van der Waals surface area contributed by atoms with E-state index in [1.165, 1.54) is 0 Å². The minimum Gasteiger partial charge on any atom is -0.337 e. The summed E-state index contributed by atoms with van der Waals surface area (Å²) >= 11 is 1.67. The molecule has 0 fully saturated rings. The van der Waals surface area contributed by atoms with Crippen LogP contribution < -0.4 is 0 Å².